The maximum Gasteiger partial charge on any atom is 0.309 e. The lowest BCUT2D eigenvalue weighted by Crippen LogP contribution is -2.45. The number of fused-ring (bicyclic) bond motifs is 1. The molecule has 0 aromatic carbocycles. The van der Waals surface area contributed by atoms with E-state index in [0.29, 0.717) is 18.7 Å². The molecule has 2 aliphatic rings. The molecule has 3 rings (SSSR count). The molecule has 1 aromatic heterocycles. The Hall–Kier alpha value is -2.10. The van der Waals surface area contributed by atoms with Gasteiger partial charge in [0.2, 0.25) is 0 Å². The molecule has 8 nitrogen and oxygen atoms in total. The van der Waals surface area contributed by atoms with Crippen LogP contribution in [0.15, 0.2) is 16.5 Å². The van der Waals surface area contributed by atoms with Crippen molar-refractivity contribution in [1.82, 2.24) is 4.98 Å². The van der Waals surface area contributed by atoms with E-state index in [1.54, 1.807) is 27.7 Å². The highest BCUT2D eigenvalue weighted by molar-refractivity contribution is 5.88. The van der Waals surface area contributed by atoms with Gasteiger partial charge in [-0.2, -0.15) is 0 Å². The Morgan fingerprint density at radius 2 is 1.91 bits per heavy atom. The number of ketones is 1. The van der Waals surface area contributed by atoms with Crippen molar-refractivity contribution in [3.8, 4) is 0 Å². The first-order valence-corrected chi connectivity index (χ1v) is 12.3. The quantitative estimate of drug-likeness (QED) is 0.468. The third-order valence-electron chi connectivity index (χ3n) is 7.64. The van der Waals surface area contributed by atoms with E-state index in [0.717, 1.165) is 12.5 Å². The highest BCUT2D eigenvalue weighted by atomic mass is 19.1. The number of hydrogen-bond donors (Lipinski definition) is 2. The standard InChI is InChI=1S/C26H38FNO7/c1-14-8-7-9-26(6)21(35-26)11-19(18(27)10-17-13-33-16(3)28-17)34-22(30)12-20(29)25(4,5)24(32)15(2)23(14)31/h10,13-15,19-21,23,29,31H,7-9,11-12H2,1-6H3/t14-,15+,19-,20-,21?,23-,26?/m0/s1. The Labute approximate surface area is 205 Å². The number of halogens is 1. The fourth-order valence-electron chi connectivity index (χ4n) is 4.86. The number of carbonyl (C=O) groups excluding carboxylic acids is 2. The zero-order chi connectivity index (χ0) is 26.1. The Bertz CT molecular complexity index is 957. The molecule has 2 fully saturated rings. The van der Waals surface area contributed by atoms with Gasteiger partial charge in [-0.25, -0.2) is 9.37 Å². The summed E-state index contributed by atoms with van der Waals surface area (Å²) in [4.78, 5) is 29.9. The average Bonchev–Trinajstić information content (AvgIpc) is 3.22. The smallest absolute Gasteiger partial charge is 0.309 e. The average molecular weight is 496 g/mol. The third-order valence-corrected chi connectivity index (χ3v) is 7.64. The maximum absolute atomic E-state index is 15.2. The molecular weight excluding hydrogens is 457 g/mol. The number of esters is 1. The minimum absolute atomic E-state index is 0.106. The molecule has 196 valence electrons. The molecule has 0 amide bonds. The van der Waals surface area contributed by atoms with Crippen molar-refractivity contribution in [3.63, 3.8) is 0 Å². The molecule has 2 saturated heterocycles. The van der Waals surface area contributed by atoms with Crippen LogP contribution < -0.4 is 0 Å². The van der Waals surface area contributed by atoms with Crippen LogP contribution in [-0.2, 0) is 19.1 Å². The van der Waals surface area contributed by atoms with E-state index >= 15 is 4.39 Å². The number of hydrogen-bond acceptors (Lipinski definition) is 8. The van der Waals surface area contributed by atoms with E-state index in [4.69, 9.17) is 13.9 Å². The lowest BCUT2D eigenvalue weighted by Gasteiger charge is -2.34. The number of rotatable bonds is 2. The number of Topliss-reactive ketones (excluding diaryl/α,β-unsaturated/α-hetero) is 1. The molecular formula is C26H38FNO7. The van der Waals surface area contributed by atoms with E-state index in [2.05, 4.69) is 4.98 Å². The van der Waals surface area contributed by atoms with Crippen LogP contribution in [0.1, 0.15) is 78.3 Å². The van der Waals surface area contributed by atoms with Crippen LogP contribution in [0.5, 0.6) is 0 Å². The summed E-state index contributed by atoms with van der Waals surface area (Å²) in [5.41, 5.74) is -1.53. The molecule has 0 aliphatic carbocycles. The largest absolute Gasteiger partial charge is 0.455 e. The fourth-order valence-corrected chi connectivity index (χ4v) is 4.86. The number of nitrogens with zero attached hydrogens (tertiary/aromatic N) is 1. The summed E-state index contributed by atoms with van der Waals surface area (Å²) in [6.45, 7) is 10.2. The first kappa shape index (κ1) is 27.5. The third kappa shape index (κ3) is 6.37. The van der Waals surface area contributed by atoms with Crippen molar-refractivity contribution in [2.45, 2.75) is 104 Å². The van der Waals surface area contributed by atoms with Gasteiger partial charge in [-0.3, -0.25) is 9.59 Å². The molecule has 35 heavy (non-hydrogen) atoms. The zero-order valence-electron chi connectivity index (χ0n) is 21.4. The Morgan fingerprint density at radius 1 is 1.23 bits per heavy atom. The summed E-state index contributed by atoms with van der Waals surface area (Å²) < 4.78 is 31.7. The number of epoxide rings is 1. The second-order valence-corrected chi connectivity index (χ2v) is 10.9. The lowest BCUT2D eigenvalue weighted by atomic mass is 9.73. The van der Waals surface area contributed by atoms with Gasteiger partial charge in [0.25, 0.3) is 0 Å². The molecule has 1 aromatic rings. The van der Waals surface area contributed by atoms with Gasteiger partial charge in [-0.15, -0.1) is 0 Å². The number of cyclic esters (lactones) is 1. The minimum atomic E-state index is -1.37. The highest BCUT2D eigenvalue weighted by Crippen LogP contribution is 2.45. The molecule has 0 bridgehead atoms. The second-order valence-electron chi connectivity index (χ2n) is 10.9. The number of aromatic nitrogens is 1. The van der Waals surface area contributed by atoms with Gasteiger partial charge >= 0.3 is 5.97 Å². The van der Waals surface area contributed by atoms with Crippen LogP contribution in [0.2, 0.25) is 0 Å². The number of carbonyl (C=O) groups is 2. The van der Waals surface area contributed by atoms with E-state index in [1.807, 2.05) is 13.8 Å². The number of aryl methyl sites for hydroxylation is 1. The van der Waals surface area contributed by atoms with Gasteiger partial charge < -0.3 is 24.1 Å². The van der Waals surface area contributed by atoms with Gasteiger partial charge in [0, 0.05) is 25.3 Å². The van der Waals surface area contributed by atoms with Crippen LogP contribution in [0.25, 0.3) is 6.08 Å². The summed E-state index contributed by atoms with van der Waals surface area (Å²) >= 11 is 0. The number of ether oxygens (including phenoxy) is 2. The molecule has 3 heterocycles. The first-order chi connectivity index (χ1) is 16.2. The monoisotopic (exact) mass is 495 g/mol. The lowest BCUT2D eigenvalue weighted by molar-refractivity contribution is -0.155. The summed E-state index contributed by atoms with van der Waals surface area (Å²) in [7, 11) is 0. The fraction of sp³-hybridized carbons (Fsp3) is 0.731. The van der Waals surface area contributed by atoms with Crippen molar-refractivity contribution in [2.24, 2.45) is 17.3 Å². The molecule has 2 unspecified atom stereocenters. The van der Waals surface area contributed by atoms with Crippen molar-refractivity contribution in [2.75, 3.05) is 0 Å². The maximum atomic E-state index is 15.2. The van der Waals surface area contributed by atoms with Crippen LogP contribution in [-0.4, -0.2) is 57.0 Å². The summed E-state index contributed by atoms with van der Waals surface area (Å²) in [6, 6.07) is 0. The van der Waals surface area contributed by atoms with Crippen LogP contribution >= 0.6 is 0 Å². The zero-order valence-corrected chi connectivity index (χ0v) is 21.4. The Morgan fingerprint density at radius 3 is 2.54 bits per heavy atom. The molecule has 0 radical (unpaired) electrons. The molecule has 7 atom stereocenters. The van der Waals surface area contributed by atoms with Gasteiger partial charge in [0.05, 0.1) is 35.7 Å². The summed E-state index contributed by atoms with van der Waals surface area (Å²) in [5, 5.41) is 21.5. The van der Waals surface area contributed by atoms with Crippen LogP contribution in [0.3, 0.4) is 0 Å². The second kappa shape index (κ2) is 10.5. The van der Waals surface area contributed by atoms with Crippen LogP contribution in [0, 0.1) is 24.2 Å². The number of aliphatic hydroxyl groups excluding tert-OH is 2. The van der Waals surface area contributed by atoms with Crippen molar-refractivity contribution in [3.05, 3.63) is 23.7 Å². The van der Waals surface area contributed by atoms with Crippen molar-refractivity contribution >= 4 is 17.8 Å². The van der Waals surface area contributed by atoms with Gasteiger partial charge in [0.15, 0.2) is 12.0 Å². The van der Waals surface area contributed by atoms with E-state index in [9.17, 15) is 19.8 Å². The molecule has 2 N–H and O–H groups in total. The Balaban J connectivity index is 1.85. The van der Waals surface area contributed by atoms with E-state index < -0.39 is 53.5 Å². The number of aliphatic hydroxyl groups is 2. The SMILES string of the molecule is Cc1nc(C=C(F)[C@@H]2CC3OC3(C)CCC[C@H](C)[C@H](O)[C@@H](C)C(=O)C(C)(C)[C@@H](O)CC(=O)O2)co1. The first-order valence-electron chi connectivity index (χ1n) is 12.3. The number of oxazole rings is 1. The van der Waals surface area contributed by atoms with Gasteiger partial charge in [0.1, 0.15) is 23.6 Å². The normalized spacial score (nSPS) is 37.5. The van der Waals surface area contributed by atoms with E-state index in [1.165, 1.54) is 6.26 Å². The molecule has 0 saturated carbocycles. The van der Waals surface area contributed by atoms with Gasteiger partial charge in [-0.1, -0.05) is 34.1 Å². The Kier molecular flexibility index (Phi) is 8.23. The molecule has 0 spiro atoms. The van der Waals surface area contributed by atoms with Crippen molar-refractivity contribution < 1.29 is 38.1 Å². The van der Waals surface area contributed by atoms with Crippen molar-refractivity contribution in [1.29, 1.82) is 0 Å². The van der Waals surface area contributed by atoms with Crippen LogP contribution in [0.4, 0.5) is 4.39 Å². The van der Waals surface area contributed by atoms with E-state index in [-0.39, 0.29) is 29.9 Å². The summed E-state index contributed by atoms with van der Waals surface area (Å²) in [6.07, 6.45) is 0.413. The highest BCUT2D eigenvalue weighted by Gasteiger charge is 2.53. The molecule has 9 heteroatoms. The van der Waals surface area contributed by atoms with Gasteiger partial charge in [-0.05, 0) is 25.7 Å². The predicted molar refractivity (Wildman–Crippen MR) is 126 cm³/mol. The topological polar surface area (TPSA) is 122 Å². The predicted octanol–water partition coefficient (Wildman–Crippen LogP) is 3.92. The molecule has 2 aliphatic heterocycles. The minimum Gasteiger partial charge on any atom is -0.455 e. The summed E-state index contributed by atoms with van der Waals surface area (Å²) in [5.74, 6) is -2.37.